The molecule has 0 radical (unpaired) electrons. The molecule has 3 nitrogen and oxygen atoms in total. The van der Waals surface area contributed by atoms with Gasteiger partial charge in [0.05, 0.1) is 10.0 Å². The molecule has 0 saturated carbocycles. The summed E-state index contributed by atoms with van der Waals surface area (Å²) in [4.78, 5) is 11.7. The van der Waals surface area contributed by atoms with E-state index in [4.69, 9.17) is 27.9 Å². The highest BCUT2D eigenvalue weighted by Gasteiger charge is 2.09. The molecule has 0 spiro atoms. The number of hydrogen-bond acceptors (Lipinski definition) is 2. The molecule has 0 aliphatic rings. The van der Waals surface area contributed by atoms with Gasteiger partial charge in [-0.15, -0.1) is 0 Å². The average molecular weight is 328 g/mol. The van der Waals surface area contributed by atoms with Gasteiger partial charge in [0.1, 0.15) is 5.82 Å². The molecule has 21 heavy (non-hydrogen) atoms. The maximum Gasteiger partial charge on any atom is 0.258 e. The van der Waals surface area contributed by atoms with Gasteiger partial charge in [-0.05, 0) is 29.8 Å². The van der Waals surface area contributed by atoms with Crippen molar-refractivity contribution in [1.82, 2.24) is 5.32 Å². The van der Waals surface area contributed by atoms with Gasteiger partial charge in [0.2, 0.25) is 0 Å². The van der Waals surface area contributed by atoms with Crippen molar-refractivity contribution in [1.29, 1.82) is 0 Å². The van der Waals surface area contributed by atoms with Crippen LogP contribution in [0.25, 0.3) is 0 Å². The highest BCUT2D eigenvalue weighted by molar-refractivity contribution is 6.37. The summed E-state index contributed by atoms with van der Waals surface area (Å²) in [5.74, 6) is -0.366. The number of nitrogens with one attached hydrogen (secondary N) is 1. The molecule has 0 aromatic heterocycles. The number of carbonyl (C=O) groups excluding carboxylic acids is 1. The molecule has 110 valence electrons. The number of carbonyl (C=O) groups is 1. The lowest BCUT2D eigenvalue weighted by Gasteiger charge is -2.10. The Morgan fingerprint density at radius 3 is 2.33 bits per heavy atom. The molecule has 0 aliphatic heterocycles. The zero-order valence-corrected chi connectivity index (χ0v) is 12.4. The van der Waals surface area contributed by atoms with Crippen LogP contribution >= 0.6 is 23.2 Å². The summed E-state index contributed by atoms with van der Waals surface area (Å²) in [5.41, 5.74) is 0.792. The fraction of sp³-hybridized carbons (Fsp3) is 0.133. The minimum atomic E-state index is -0.324. The van der Waals surface area contributed by atoms with E-state index in [2.05, 4.69) is 5.32 Å². The van der Waals surface area contributed by atoms with E-state index in [-0.39, 0.29) is 24.1 Å². The van der Waals surface area contributed by atoms with Gasteiger partial charge in [-0.25, -0.2) is 4.39 Å². The van der Waals surface area contributed by atoms with E-state index in [0.29, 0.717) is 16.6 Å². The lowest BCUT2D eigenvalue weighted by molar-refractivity contribution is -0.123. The third kappa shape index (κ3) is 4.62. The van der Waals surface area contributed by atoms with E-state index >= 15 is 0 Å². The Balaban J connectivity index is 1.84. The first-order chi connectivity index (χ1) is 10.1. The topological polar surface area (TPSA) is 38.3 Å². The fourth-order valence-corrected chi connectivity index (χ4v) is 2.12. The molecule has 0 unspecified atom stereocenters. The predicted octanol–water partition coefficient (Wildman–Crippen LogP) is 3.83. The summed E-state index contributed by atoms with van der Waals surface area (Å²) in [7, 11) is 0. The monoisotopic (exact) mass is 327 g/mol. The second kappa shape index (κ2) is 7.29. The number of amides is 1. The molecule has 2 aromatic rings. The van der Waals surface area contributed by atoms with E-state index in [1.165, 1.54) is 12.1 Å². The molecule has 1 N–H and O–H groups in total. The lowest BCUT2D eigenvalue weighted by atomic mass is 10.2. The number of halogens is 3. The molecule has 0 saturated heterocycles. The Morgan fingerprint density at radius 1 is 1.10 bits per heavy atom. The zero-order valence-electron chi connectivity index (χ0n) is 10.9. The van der Waals surface area contributed by atoms with E-state index in [9.17, 15) is 9.18 Å². The maximum absolute atomic E-state index is 12.7. The van der Waals surface area contributed by atoms with Crippen LogP contribution < -0.4 is 10.1 Å². The number of hydrogen-bond donors (Lipinski definition) is 1. The first kappa shape index (κ1) is 15.6. The molecule has 2 rings (SSSR count). The van der Waals surface area contributed by atoms with Crippen LogP contribution in [0.3, 0.4) is 0 Å². The molecule has 1 amide bonds. The van der Waals surface area contributed by atoms with Crippen molar-refractivity contribution in [3.05, 3.63) is 63.9 Å². The number of para-hydroxylation sites is 1. The smallest absolute Gasteiger partial charge is 0.258 e. The molecule has 2 aromatic carbocycles. The zero-order chi connectivity index (χ0) is 15.2. The van der Waals surface area contributed by atoms with E-state index < -0.39 is 0 Å². The number of ether oxygens (including phenoxy) is 1. The molecule has 0 heterocycles. The van der Waals surface area contributed by atoms with Crippen molar-refractivity contribution in [2.75, 3.05) is 6.61 Å². The van der Waals surface area contributed by atoms with Gasteiger partial charge in [-0.1, -0.05) is 41.4 Å². The van der Waals surface area contributed by atoms with Crippen molar-refractivity contribution in [2.45, 2.75) is 6.54 Å². The summed E-state index contributed by atoms with van der Waals surface area (Å²) >= 11 is 11.8. The van der Waals surface area contributed by atoms with Crippen molar-refractivity contribution >= 4 is 29.1 Å². The molecule has 6 heteroatoms. The van der Waals surface area contributed by atoms with Gasteiger partial charge in [0.25, 0.3) is 5.91 Å². The summed E-state index contributed by atoms with van der Waals surface area (Å²) in [6.45, 7) is 0.0867. The van der Waals surface area contributed by atoms with Crippen LogP contribution in [0, 0.1) is 5.82 Å². The third-order valence-electron chi connectivity index (χ3n) is 2.67. The summed E-state index contributed by atoms with van der Waals surface area (Å²) in [6, 6.07) is 10.8. The van der Waals surface area contributed by atoms with E-state index in [1.807, 2.05) is 0 Å². The standard InChI is InChI=1S/C15H12Cl2FNO2/c16-12-2-1-3-13(17)15(12)21-9-14(20)19-8-10-4-6-11(18)7-5-10/h1-7H,8-9H2,(H,19,20). The highest BCUT2D eigenvalue weighted by Crippen LogP contribution is 2.32. The molecule has 0 fully saturated rings. The van der Waals surface area contributed by atoms with E-state index in [1.54, 1.807) is 30.3 Å². The van der Waals surface area contributed by atoms with Gasteiger partial charge < -0.3 is 10.1 Å². The van der Waals surface area contributed by atoms with Crippen LogP contribution in [-0.4, -0.2) is 12.5 Å². The summed E-state index contributed by atoms with van der Waals surface area (Å²) in [6.07, 6.45) is 0. The third-order valence-corrected chi connectivity index (χ3v) is 3.26. The predicted molar refractivity (Wildman–Crippen MR) is 80.2 cm³/mol. The minimum Gasteiger partial charge on any atom is -0.481 e. The molecule has 0 atom stereocenters. The Hall–Kier alpha value is -1.78. The normalized spacial score (nSPS) is 10.2. The van der Waals surface area contributed by atoms with Gasteiger partial charge in [0.15, 0.2) is 12.4 Å². The second-order valence-corrected chi connectivity index (χ2v) is 5.06. The molecular weight excluding hydrogens is 316 g/mol. The fourth-order valence-electron chi connectivity index (χ4n) is 1.61. The SMILES string of the molecule is O=C(COc1c(Cl)cccc1Cl)NCc1ccc(F)cc1. The summed E-state index contributed by atoms with van der Waals surface area (Å²) < 4.78 is 18.0. The van der Waals surface area contributed by atoms with Crippen LogP contribution in [-0.2, 0) is 11.3 Å². The largest absolute Gasteiger partial charge is 0.481 e. The first-order valence-corrected chi connectivity index (χ1v) is 6.90. The Labute approximate surface area is 131 Å². The first-order valence-electron chi connectivity index (χ1n) is 6.14. The second-order valence-electron chi connectivity index (χ2n) is 4.24. The van der Waals surface area contributed by atoms with Crippen LogP contribution in [0.4, 0.5) is 4.39 Å². The molecule has 0 bridgehead atoms. The van der Waals surface area contributed by atoms with Crippen LogP contribution in [0.5, 0.6) is 5.75 Å². The van der Waals surface area contributed by atoms with Crippen LogP contribution in [0.15, 0.2) is 42.5 Å². The number of benzene rings is 2. The molecular formula is C15H12Cl2FNO2. The van der Waals surface area contributed by atoms with Crippen molar-refractivity contribution in [2.24, 2.45) is 0 Å². The highest BCUT2D eigenvalue weighted by atomic mass is 35.5. The van der Waals surface area contributed by atoms with Crippen molar-refractivity contribution < 1.29 is 13.9 Å². The van der Waals surface area contributed by atoms with Crippen molar-refractivity contribution in [3.63, 3.8) is 0 Å². The van der Waals surface area contributed by atoms with Gasteiger partial charge in [0, 0.05) is 6.54 Å². The van der Waals surface area contributed by atoms with Crippen LogP contribution in [0.2, 0.25) is 10.0 Å². The maximum atomic E-state index is 12.7. The Kier molecular flexibility index (Phi) is 5.42. The average Bonchev–Trinajstić information content (AvgIpc) is 2.46. The van der Waals surface area contributed by atoms with Gasteiger partial charge in [-0.2, -0.15) is 0 Å². The summed E-state index contributed by atoms with van der Waals surface area (Å²) in [5, 5.41) is 3.34. The van der Waals surface area contributed by atoms with E-state index in [0.717, 1.165) is 5.56 Å². The number of rotatable bonds is 5. The quantitative estimate of drug-likeness (QED) is 0.906. The van der Waals surface area contributed by atoms with Gasteiger partial charge in [-0.3, -0.25) is 4.79 Å². The van der Waals surface area contributed by atoms with Crippen LogP contribution in [0.1, 0.15) is 5.56 Å². The minimum absolute atomic E-state index is 0.204. The Morgan fingerprint density at radius 2 is 1.71 bits per heavy atom. The Bertz CT molecular complexity index is 612. The molecule has 0 aliphatic carbocycles. The van der Waals surface area contributed by atoms with Crippen molar-refractivity contribution in [3.8, 4) is 5.75 Å². The van der Waals surface area contributed by atoms with Gasteiger partial charge >= 0.3 is 0 Å². The lowest BCUT2D eigenvalue weighted by Crippen LogP contribution is -2.28.